The zero-order valence-corrected chi connectivity index (χ0v) is 17.0. The van der Waals surface area contributed by atoms with Crippen LogP contribution in [0.1, 0.15) is 79.0 Å². The van der Waals surface area contributed by atoms with Gasteiger partial charge in [-0.05, 0) is 12.8 Å². The minimum atomic E-state index is -3.81. The van der Waals surface area contributed by atoms with Crippen molar-refractivity contribution in [2.45, 2.75) is 77.6 Å². The second-order valence-electron chi connectivity index (χ2n) is 5.37. The summed E-state index contributed by atoms with van der Waals surface area (Å²) in [5.41, 5.74) is 0. The van der Waals surface area contributed by atoms with E-state index in [9.17, 15) is 13.2 Å². The summed E-state index contributed by atoms with van der Waals surface area (Å²) >= 11 is 0. The Morgan fingerprint density at radius 3 is 1.95 bits per heavy atom. The van der Waals surface area contributed by atoms with Gasteiger partial charge in [0.2, 0.25) is 0 Å². The summed E-state index contributed by atoms with van der Waals surface area (Å²) in [6.07, 6.45) is 10.5. The van der Waals surface area contributed by atoms with Crippen molar-refractivity contribution in [1.29, 1.82) is 0 Å². The Hall–Kier alpha value is 0.380. The molecule has 128 valence electrons. The number of carbonyl (C=O) groups excluding carboxylic acids is 1. The van der Waals surface area contributed by atoms with E-state index in [0.29, 0.717) is 6.42 Å². The maximum atomic E-state index is 11.4. The van der Waals surface area contributed by atoms with Gasteiger partial charge in [0.25, 0.3) is 0 Å². The van der Waals surface area contributed by atoms with Crippen molar-refractivity contribution in [2.24, 2.45) is 0 Å². The van der Waals surface area contributed by atoms with Crippen LogP contribution < -0.4 is 29.6 Å². The molecule has 0 aliphatic carbocycles. The molecule has 0 heterocycles. The molecule has 0 radical (unpaired) electrons. The first-order valence-corrected chi connectivity index (χ1v) is 9.65. The van der Waals surface area contributed by atoms with Gasteiger partial charge in [0, 0.05) is 13.0 Å². The average Bonchev–Trinajstić information content (AvgIpc) is 2.43. The number of carbonyl (C=O) groups is 1. The molecule has 0 amide bonds. The van der Waals surface area contributed by atoms with Crippen LogP contribution in [0.25, 0.3) is 0 Å². The minimum Gasteiger partial charge on any atom is -1.00 e. The molecular weight excluding hydrogens is 315 g/mol. The molecule has 0 saturated carbocycles. The van der Waals surface area contributed by atoms with Gasteiger partial charge in [-0.1, -0.05) is 58.3 Å². The quantitative estimate of drug-likeness (QED) is 0.278. The van der Waals surface area contributed by atoms with E-state index in [0.717, 1.165) is 12.8 Å². The smallest absolute Gasteiger partial charge is 1.00 e. The number of aliphatic hydroxyl groups excluding tert-OH is 1. The predicted molar refractivity (Wildman–Crippen MR) is 84.5 cm³/mol. The predicted octanol–water partition coefficient (Wildman–Crippen LogP) is 0.279. The molecule has 7 heteroatoms. The Bertz CT molecular complexity index is 363. The van der Waals surface area contributed by atoms with Gasteiger partial charge in [-0.3, -0.25) is 4.79 Å². The first-order chi connectivity index (χ1) is 10.0. The molecule has 0 fully saturated rings. The molecule has 0 rings (SSSR count). The third-order valence-corrected chi connectivity index (χ3v) is 4.49. The van der Waals surface area contributed by atoms with Crippen LogP contribution in [0.15, 0.2) is 0 Å². The fourth-order valence-corrected chi connectivity index (χ4v) is 2.98. The number of hydrogen-bond donors (Lipinski definition) is 1. The van der Waals surface area contributed by atoms with E-state index in [4.69, 9.17) is 5.11 Å². The molecule has 0 aliphatic heterocycles. The average molecular weight is 346 g/mol. The van der Waals surface area contributed by atoms with E-state index < -0.39 is 16.1 Å². The van der Waals surface area contributed by atoms with Crippen molar-refractivity contribution >= 4 is 16.1 Å². The van der Waals surface area contributed by atoms with E-state index >= 15 is 0 Å². The molecule has 0 unspecified atom stereocenters. The maximum absolute atomic E-state index is 11.4. The third-order valence-electron chi connectivity index (χ3n) is 3.26. The number of rotatable bonds is 14. The first-order valence-electron chi connectivity index (χ1n) is 8.07. The van der Waals surface area contributed by atoms with Gasteiger partial charge in [-0.2, -0.15) is 8.42 Å². The summed E-state index contributed by atoms with van der Waals surface area (Å²) in [5, 5.41) is 8.55. The van der Waals surface area contributed by atoms with Crippen molar-refractivity contribution in [3.05, 3.63) is 0 Å². The largest absolute Gasteiger partial charge is 1.00 e. The molecule has 0 spiro atoms. The van der Waals surface area contributed by atoms with Gasteiger partial charge < -0.3 is 10.7 Å². The van der Waals surface area contributed by atoms with Crippen LogP contribution >= 0.6 is 0 Å². The van der Waals surface area contributed by atoms with Crippen molar-refractivity contribution in [2.75, 3.05) is 12.4 Å². The zero-order valence-electron chi connectivity index (χ0n) is 15.2. The van der Waals surface area contributed by atoms with E-state index in [1.807, 2.05) is 0 Å². The van der Waals surface area contributed by atoms with Gasteiger partial charge in [0.15, 0.2) is 0 Å². The monoisotopic (exact) mass is 346 g/mol. The second-order valence-corrected chi connectivity index (χ2v) is 7.06. The van der Waals surface area contributed by atoms with Crippen LogP contribution in [-0.2, 0) is 19.1 Å². The molecule has 0 aromatic heterocycles. The van der Waals surface area contributed by atoms with Gasteiger partial charge in [0.05, 0.1) is 5.75 Å². The molecular formula is C15H31NaO5S. The Morgan fingerprint density at radius 2 is 1.45 bits per heavy atom. The topological polar surface area (TPSA) is 80.7 Å². The first kappa shape index (κ1) is 24.6. The van der Waals surface area contributed by atoms with Crippen molar-refractivity contribution in [3.63, 3.8) is 0 Å². The summed E-state index contributed by atoms with van der Waals surface area (Å²) in [6.45, 7) is 1.97. The van der Waals surface area contributed by atoms with Gasteiger partial charge in [-0.25, -0.2) is 0 Å². The zero-order chi connectivity index (χ0) is 16.0. The fraction of sp³-hybridized carbons (Fsp3) is 0.933. The Labute approximate surface area is 159 Å². The number of unbranched alkanes of at least 4 members (excludes halogenated alkanes) is 8. The Balaban J connectivity index is -0.00000200. The number of aliphatic hydroxyl groups is 1. The molecule has 0 atom stereocenters. The van der Waals surface area contributed by atoms with Crippen LogP contribution in [0, 0.1) is 0 Å². The fourth-order valence-electron chi connectivity index (χ4n) is 2.05. The molecule has 22 heavy (non-hydrogen) atoms. The summed E-state index contributed by atoms with van der Waals surface area (Å²) in [6, 6.07) is 0. The van der Waals surface area contributed by atoms with Crippen molar-refractivity contribution < 1.29 is 53.5 Å². The normalized spacial score (nSPS) is 11.0. The molecule has 1 N–H and O–H groups in total. The van der Waals surface area contributed by atoms with Gasteiger partial charge in [0.1, 0.15) is 0 Å². The molecule has 0 saturated heterocycles. The van der Waals surface area contributed by atoms with E-state index in [2.05, 4.69) is 11.1 Å². The van der Waals surface area contributed by atoms with Gasteiger partial charge in [-0.15, -0.1) is 0 Å². The number of hydrogen-bond acceptors (Lipinski definition) is 5. The van der Waals surface area contributed by atoms with E-state index in [1.54, 1.807) is 0 Å². The summed E-state index contributed by atoms with van der Waals surface area (Å²) < 4.78 is 27.0. The minimum absolute atomic E-state index is 0. The summed E-state index contributed by atoms with van der Waals surface area (Å²) in [4.78, 5) is 11.4. The summed E-state index contributed by atoms with van der Waals surface area (Å²) in [5.74, 6) is -0.997. The van der Waals surface area contributed by atoms with Crippen LogP contribution in [0.3, 0.4) is 0 Å². The Morgan fingerprint density at radius 1 is 0.955 bits per heavy atom. The van der Waals surface area contributed by atoms with Crippen molar-refractivity contribution in [1.82, 2.24) is 0 Å². The maximum Gasteiger partial charge on any atom is 1.00 e. The molecule has 0 aromatic carbocycles. The van der Waals surface area contributed by atoms with Gasteiger partial charge >= 0.3 is 45.6 Å². The third kappa shape index (κ3) is 16.7. The summed E-state index contributed by atoms with van der Waals surface area (Å²) in [7, 11) is -3.81. The molecule has 0 aliphatic rings. The van der Waals surface area contributed by atoms with Crippen molar-refractivity contribution in [3.8, 4) is 0 Å². The molecule has 0 bridgehead atoms. The van der Waals surface area contributed by atoms with Crippen LogP contribution in [0.5, 0.6) is 0 Å². The van der Waals surface area contributed by atoms with Crippen LogP contribution in [0.2, 0.25) is 0 Å². The molecule has 0 aromatic rings. The Kier molecular flexibility index (Phi) is 18.2. The van der Waals surface area contributed by atoms with E-state index in [1.165, 1.54) is 38.5 Å². The second kappa shape index (κ2) is 16.2. The SMILES string of the molecule is CCCCCCCCCCCC(=O)OS(=O)(=O)CCCO.[H-].[Na+]. The van der Waals surface area contributed by atoms with Crippen LogP contribution in [-0.4, -0.2) is 31.9 Å². The van der Waals surface area contributed by atoms with Crippen LogP contribution in [0.4, 0.5) is 0 Å². The van der Waals surface area contributed by atoms with E-state index in [-0.39, 0.29) is 56.2 Å². The molecule has 5 nitrogen and oxygen atoms in total. The standard InChI is InChI=1S/C15H30O5S.Na.H/c1-2-3-4-5-6-7-8-9-10-12-15(17)20-21(18,19)14-11-13-16;;/h16H,2-14H2,1H3;;/q;+1;-1.